The molecule has 1 aliphatic heterocycles. The molecule has 3 heterocycles. The maximum atomic E-state index is 11.6. The first-order chi connectivity index (χ1) is 22.8. The van der Waals surface area contributed by atoms with Gasteiger partial charge in [0.05, 0.1) is 32.9 Å². The van der Waals surface area contributed by atoms with Crippen LogP contribution in [0.3, 0.4) is 0 Å². The van der Waals surface area contributed by atoms with Gasteiger partial charge in [0.2, 0.25) is 5.52 Å². The third kappa shape index (κ3) is 7.74. The molecular weight excluding hydrogens is 734 g/mol. The monoisotopic (exact) mass is 764 g/mol. The summed E-state index contributed by atoms with van der Waals surface area (Å²) in [6.07, 6.45) is 6.20. The van der Waals surface area contributed by atoms with Crippen molar-refractivity contribution >= 4 is 104 Å². The van der Waals surface area contributed by atoms with Crippen LogP contribution in [0, 0.1) is 0 Å². The molecular formula is C33H32Cl2N3O6S4+. The summed E-state index contributed by atoms with van der Waals surface area (Å²) < 4.78 is 69.1. The van der Waals surface area contributed by atoms with Crippen LogP contribution in [0.25, 0.3) is 36.8 Å². The molecule has 6 rings (SSSR count). The number of benzene rings is 3. The molecule has 3 aromatic carbocycles. The maximum Gasteiger partial charge on any atom is 0.265 e. The smallest absolute Gasteiger partial charge is 0.265 e. The number of nitrogens with zero attached hydrogens (tertiary/aromatic N) is 3. The van der Waals surface area contributed by atoms with E-state index < -0.39 is 20.2 Å². The summed E-state index contributed by atoms with van der Waals surface area (Å²) in [5.74, 6) is 0.0431. The molecule has 0 saturated heterocycles. The van der Waals surface area contributed by atoms with Crippen LogP contribution < -0.4 is 14.4 Å². The molecule has 2 N–H and O–H groups in total. The number of fused-ring (bicyclic) bond motifs is 3. The van der Waals surface area contributed by atoms with E-state index in [0.717, 1.165) is 42.9 Å². The summed E-state index contributed by atoms with van der Waals surface area (Å²) in [4.78, 5) is 5.14. The van der Waals surface area contributed by atoms with Gasteiger partial charge in [-0.15, -0.1) is 11.3 Å². The zero-order valence-electron chi connectivity index (χ0n) is 25.7. The molecule has 5 aromatic rings. The fraction of sp³-hybridized carbons (Fsp3) is 0.242. The summed E-state index contributed by atoms with van der Waals surface area (Å²) in [6, 6.07) is 20.2. The van der Waals surface area contributed by atoms with Crippen molar-refractivity contribution in [3.63, 3.8) is 0 Å². The molecule has 0 amide bonds. The highest BCUT2D eigenvalue weighted by atomic mass is 35.5. The highest BCUT2D eigenvalue weighted by Gasteiger charge is 2.31. The van der Waals surface area contributed by atoms with Crippen molar-refractivity contribution < 1.29 is 30.5 Å². The van der Waals surface area contributed by atoms with E-state index in [1.54, 1.807) is 34.8 Å². The average Bonchev–Trinajstić information content (AvgIpc) is 3.68. The van der Waals surface area contributed by atoms with Crippen LogP contribution in [-0.2, 0) is 26.8 Å². The van der Waals surface area contributed by atoms with Crippen molar-refractivity contribution in [2.75, 3.05) is 34.4 Å². The molecule has 0 aliphatic carbocycles. The van der Waals surface area contributed by atoms with Crippen molar-refractivity contribution in [3.8, 4) is 10.4 Å². The summed E-state index contributed by atoms with van der Waals surface area (Å²) in [5, 5.41) is 2.82. The van der Waals surface area contributed by atoms with Gasteiger partial charge < -0.3 is 9.80 Å². The van der Waals surface area contributed by atoms with Crippen LogP contribution in [0.2, 0.25) is 10.0 Å². The van der Waals surface area contributed by atoms with Crippen LogP contribution in [0.5, 0.6) is 0 Å². The normalized spacial score (nSPS) is 14.7. The highest BCUT2D eigenvalue weighted by Crippen LogP contribution is 2.45. The Bertz CT molecular complexity index is 2270. The van der Waals surface area contributed by atoms with Crippen molar-refractivity contribution in [3.05, 3.63) is 93.7 Å². The van der Waals surface area contributed by atoms with E-state index in [4.69, 9.17) is 23.2 Å². The van der Waals surface area contributed by atoms with E-state index in [2.05, 4.69) is 45.9 Å². The number of allylic oxidation sites excluding steroid dienone is 2. The molecule has 252 valence electrons. The van der Waals surface area contributed by atoms with Gasteiger partial charge >= 0.3 is 0 Å². The Balaban J connectivity index is 1.38. The molecule has 0 unspecified atom stereocenters. The average molecular weight is 766 g/mol. The lowest BCUT2D eigenvalue weighted by atomic mass is 10.1. The van der Waals surface area contributed by atoms with E-state index in [0.29, 0.717) is 29.7 Å². The number of thiazole rings is 1. The molecule has 0 bridgehead atoms. The number of aryl methyl sites for hydroxylation is 1. The van der Waals surface area contributed by atoms with Gasteiger partial charge in [0.15, 0.2) is 6.54 Å². The SMILES string of the molecule is CCN1/C(=C\C=C\c2sc3ccc(-c4cc5ccccc5s4)cc3[n+]2CCCS(=O)(=O)O)N(CCCS(=O)(=O)O)c2cc(Cl)c(Cl)cc21. The van der Waals surface area contributed by atoms with Gasteiger partial charge in [-0.1, -0.05) is 64.9 Å². The molecule has 15 heteroatoms. The number of thiophene rings is 1. The van der Waals surface area contributed by atoms with Crippen molar-refractivity contribution in [1.29, 1.82) is 0 Å². The van der Waals surface area contributed by atoms with Crippen LogP contribution in [0.1, 0.15) is 24.8 Å². The van der Waals surface area contributed by atoms with E-state index in [-0.39, 0.29) is 24.3 Å². The molecule has 48 heavy (non-hydrogen) atoms. The molecule has 2 aromatic heterocycles. The minimum absolute atomic E-state index is 0.184. The Morgan fingerprint density at radius 3 is 2.21 bits per heavy atom. The molecule has 0 atom stereocenters. The lowest BCUT2D eigenvalue weighted by Crippen LogP contribution is -2.36. The third-order valence-corrected chi connectivity index (χ3v) is 12.6. The molecule has 1 aliphatic rings. The fourth-order valence-corrected chi connectivity index (χ4v) is 9.30. The van der Waals surface area contributed by atoms with E-state index in [1.807, 2.05) is 42.2 Å². The first-order valence-electron chi connectivity index (χ1n) is 15.1. The maximum absolute atomic E-state index is 11.6. The van der Waals surface area contributed by atoms with E-state index >= 15 is 0 Å². The second-order valence-electron chi connectivity index (χ2n) is 11.2. The van der Waals surface area contributed by atoms with Crippen molar-refractivity contribution in [2.45, 2.75) is 26.3 Å². The summed E-state index contributed by atoms with van der Waals surface area (Å²) in [5.41, 5.74) is 3.62. The number of halogens is 2. The molecule has 0 saturated carbocycles. The van der Waals surface area contributed by atoms with Gasteiger partial charge in [0.1, 0.15) is 10.5 Å². The lowest BCUT2D eigenvalue weighted by molar-refractivity contribution is -0.668. The highest BCUT2D eigenvalue weighted by molar-refractivity contribution is 7.86. The van der Waals surface area contributed by atoms with Gasteiger partial charge in [0, 0.05) is 41.2 Å². The second kappa shape index (κ2) is 14.1. The van der Waals surface area contributed by atoms with Gasteiger partial charge in [-0.05, 0) is 60.7 Å². The Morgan fingerprint density at radius 2 is 1.52 bits per heavy atom. The minimum atomic E-state index is -4.14. The summed E-state index contributed by atoms with van der Waals surface area (Å²) in [6.45, 7) is 3.27. The number of rotatable bonds is 12. The van der Waals surface area contributed by atoms with Crippen LogP contribution in [-0.4, -0.2) is 50.5 Å². The Kier molecular flexibility index (Phi) is 10.2. The Morgan fingerprint density at radius 1 is 0.833 bits per heavy atom. The van der Waals surface area contributed by atoms with Crippen molar-refractivity contribution in [2.24, 2.45) is 0 Å². The lowest BCUT2D eigenvalue weighted by Gasteiger charge is -2.24. The van der Waals surface area contributed by atoms with Gasteiger partial charge in [0.25, 0.3) is 25.2 Å². The van der Waals surface area contributed by atoms with Gasteiger partial charge in [-0.25, -0.2) is 0 Å². The standard InChI is InChI=1S/C33H31Cl2N3O6S4/c1-2-36-26-20-24(34)25(35)21-27(26)37(14-6-16-47(39,40)41)32(36)10-5-11-33-38(15-7-17-48(42,43)44)28-18-23(12-13-30(28)46-33)31-19-22-8-3-4-9-29(22)45-31/h3-5,8-13,18-21H,2,6-7,14-17H2,1H3,(H-,39,40,41,42,43,44)/p+1. The predicted octanol–water partition coefficient (Wildman–Crippen LogP) is 8.13. The first-order valence-corrected chi connectivity index (χ1v) is 20.7. The van der Waals surface area contributed by atoms with Crippen molar-refractivity contribution in [1.82, 2.24) is 0 Å². The Labute approximate surface area is 297 Å². The first kappa shape index (κ1) is 34.8. The van der Waals surface area contributed by atoms with Crippen LogP contribution >= 0.6 is 45.9 Å². The van der Waals surface area contributed by atoms with Gasteiger partial charge in [-0.2, -0.15) is 21.4 Å². The topological polar surface area (TPSA) is 119 Å². The quantitative estimate of drug-likeness (QED) is 0.0966. The van der Waals surface area contributed by atoms with Crippen LogP contribution in [0.15, 0.2) is 78.6 Å². The molecule has 0 fully saturated rings. The van der Waals surface area contributed by atoms with Gasteiger partial charge in [-0.3, -0.25) is 9.11 Å². The third-order valence-electron chi connectivity index (χ3n) is 7.96. The molecule has 9 nitrogen and oxygen atoms in total. The number of aromatic nitrogens is 1. The zero-order valence-corrected chi connectivity index (χ0v) is 30.5. The minimum Gasteiger partial charge on any atom is -0.326 e. The number of hydrogen-bond donors (Lipinski definition) is 2. The predicted molar refractivity (Wildman–Crippen MR) is 199 cm³/mol. The van der Waals surface area contributed by atoms with E-state index in [9.17, 15) is 25.9 Å². The molecule has 0 radical (unpaired) electrons. The largest absolute Gasteiger partial charge is 0.326 e. The summed E-state index contributed by atoms with van der Waals surface area (Å²) in [7, 11) is -8.26. The zero-order chi connectivity index (χ0) is 34.2. The fourth-order valence-electron chi connectivity index (χ4n) is 5.86. The second-order valence-corrected chi connectivity index (χ2v) is 17.3. The van der Waals surface area contributed by atoms with Crippen LogP contribution in [0.4, 0.5) is 11.4 Å². The Hall–Kier alpha value is -3.01. The van der Waals surface area contributed by atoms with E-state index in [1.165, 1.54) is 10.1 Å². The number of hydrogen-bond acceptors (Lipinski definition) is 8. The summed E-state index contributed by atoms with van der Waals surface area (Å²) >= 11 is 16.0. The molecule has 0 spiro atoms. The number of anilines is 2.